The van der Waals surface area contributed by atoms with Crippen molar-refractivity contribution >= 4 is 0 Å². The van der Waals surface area contributed by atoms with Gasteiger partial charge < -0.3 is 20.1 Å². The Kier molecular flexibility index (Phi) is 3.47. The zero-order valence-electron chi connectivity index (χ0n) is 6.82. The minimum atomic E-state index is -1.21. The molecule has 0 aliphatic carbocycles. The molecule has 4 atom stereocenters. The Morgan fingerprint density at radius 1 is 1.46 bits per heavy atom. The van der Waals surface area contributed by atoms with Crippen molar-refractivity contribution in [1.29, 1.82) is 0 Å². The zero-order chi connectivity index (χ0) is 9.84. The van der Waals surface area contributed by atoms with Crippen molar-refractivity contribution in [3.05, 3.63) is 10.4 Å². The standard InChI is InChI=1S/C6H11N3O4/c7-9-8-3-2-13-4(1-10)6(12)5(3)11/h3-6,10-12H,1-2H2/t3?,4?,5-,6+/m1/s1. The molecule has 7 nitrogen and oxygen atoms in total. The second-order valence-corrected chi connectivity index (χ2v) is 2.81. The van der Waals surface area contributed by atoms with Crippen molar-refractivity contribution in [2.24, 2.45) is 5.11 Å². The van der Waals surface area contributed by atoms with Gasteiger partial charge in [-0.05, 0) is 5.53 Å². The van der Waals surface area contributed by atoms with Crippen LogP contribution in [0.15, 0.2) is 5.11 Å². The second-order valence-electron chi connectivity index (χ2n) is 2.81. The summed E-state index contributed by atoms with van der Waals surface area (Å²) < 4.78 is 4.95. The molecule has 0 aromatic rings. The maximum Gasteiger partial charge on any atom is 0.109 e. The Morgan fingerprint density at radius 2 is 2.15 bits per heavy atom. The SMILES string of the molecule is [N-]=[N+]=NC1COC(CO)[C@H](O)[C@@H]1O. The van der Waals surface area contributed by atoms with Crippen LogP contribution in [-0.4, -0.2) is 52.9 Å². The molecule has 0 spiro atoms. The average Bonchev–Trinajstić information content (AvgIpc) is 2.14. The van der Waals surface area contributed by atoms with Gasteiger partial charge in [-0.1, -0.05) is 5.11 Å². The molecular weight excluding hydrogens is 178 g/mol. The fourth-order valence-electron chi connectivity index (χ4n) is 1.20. The van der Waals surface area contributed by atoms with Gasteiger partial charge in [-0.15, -0.1) is 0 Å². The third-order valence-electron chi connectivity index (χ3n) is 1.99. The molecule has 0 aromatic heterocycles. The topological polar surface area (TPSA) is 119 Å². The van der Waals surface area contributed by atoms with Gasteiger partial charge in [0.2, 0.25) is 0 Å². The molecule has 0 amide bonds. The van der Waals surface area contributed by atoms with Gasteiger partial charge in [0.15, 0.2) is 0 Å². The largest absolute Gasteiger partial charge is 0.394 e. The van der Waals surface area contributed by atoms with Crippen molar-refractivity contribution in [3.63, 3.8) is 0 Å². The van der Waals surface area contributed by atoms with E-state index in [0.717, 1.165) is 0 Å². The summed E-state index contributed by atoms with van der Waals surface area (Å²) in [5.41, 5.74) is 8.11. The molecular formula is C6H11N3O4. The Balaban J connectivity index is 2.63. The molecule has 0 saturated carbocycles. The highest BCUT2D eigenvalue weighted by molar-refractivity contribution is 4.90. The van der Waals surface area contributed by atoms with Crippen molar-refractivity contribution in [3.8, 4) is 0 Å². The first-order valence-corrected chi connectivity index (χ1v) is 3.83. The van der Waals surface area contributed by atoms with E-state index in [9.17, 15) is 10.2 Å². The van der Waals surface area contributed by atoms with Crippen LogP contribution < -0.4 is 0 Å². The van der Waals surface area contributed by atoms with Crippen molar-refractivity contribution in [2.75, 3.05) is 13.2 Å². The summed E-state index contributed by atoms with van der Waals surface area (Å²) in [6.07, 6.45) is -3.20. The summed E-state index contributed by atoms with van der Waals surface area (Å²) in [5, 5.41) is 30.6. The lowest BCUT2D eigenvalue weighted by Crippen LogP contribution is -2.53. The first-order chi connectivity index (χ1) is 6.20. The summed E-state index contributed by atoms with van der Waals surface area (Å²) in [6, 6.07) is -0.789. The lowest BCUT2D eigenvalue weighted by molar-refractivity contribution is -0.155. The molecule has 1 saturated heterocycles. The fourth-order valence-corrected chi connectivity index (χ4v) is 1.20. The van der Waals surface area contributed by atoms with Crippen LogP contribution in [0.25, 0.3) is 10.4 Å². The molecule has 1 heterocycles. The predicted molar refractivity (Wildman–Crippen MR) is 41.8 cm³/mol. The lowest BCUT2D eigenvalue weighted by atomic mass is 9.99. The number of hydrogen-bond acceptors (Lipinski definition) is 5. The van der Waals surface area contributed by atoms with E-state index in [0.29, 0.717) is 0 Å². The normalized spacial score (nSPS) is 39.6. The van der Waals surface area contributed by atoms with Crippen LogP contribution in [0.4, 0.5) is 0 Å². The van der Waals surface area contributed by atoms with E-state index in [2.05, 4.69) is 10.0 Å². The Hall–Kier alpha value is -0.850. The monoisotopic (exact) mass is 189 g/mol. The van der Waals surface area contributed by atoms with E-state index in [1.54, 1.807) is 0 Å². The van der Waals surface area contributed by atoms with E-state index < -0.39 is 24.4 Å². The maximum atomic E-state index is 9.36. The van der Waals surface area contributed by atoms with Gasteiger partial charge in [0, 0.05) is 4.91 Å². The molecule has 3 N–H and O–H groups in total. The number of azide groups is 1. The number of ether oxygens (including phenoxy) is 1. The van der Waals surface area contributed by atoms with Crippen molar-refractivity contribution in [1.82, 2.24) is 0 Å². The molecule has 1 rings (SSSR count). The zero-order valence-corrected chi connectivity index (χ0v) is 6.82. The third kappa shape index (κ3) is 2.09. The van der Waals surface area contributed by atoms with Crippen molar-refractivity contribution in [2.45, 2.75) is 24.4 Å². The van der Waals surface area contributed by atoms with Gasteiger partial charge in [0.25, 0.3) is 0 Å². The summed E-state index contributed by atoms with van der Waals surface area (Å²) >= 11 is 0. The molecule has 1 fully saturated rings. The Morgan fingerprint density at radius 3 is 2.69 bits per heavy atom. The Labute approximate surface area is 74.2 Å². The molecule has 0 aromatic carbocycles. The summed E-state index contributed by atoms with van der Waals surface area (Å²) in [5.74, 6) is 0. The maximum absolute atomic E-state index is 9.36. The van der Waals surface area contributed by atoms with Gasteiger partial charge in [-0.3, -0.25) is 0 Å². The van der Waals surface area contributed by atoms with E-state index in [4.69, 9.17) is 15.4 Å². The quantitative estimate of drug-likeness (QED) is 0.286. The highest BCUT2D eigenvalue weighted by Crippen LogP contribution is 2.17. The first-order valence-electron chi connectivity index (χ1n) is 3.83. The van der Waals surface area contributed by atoms with Crippen LogP contribution in [0.5, 0.6) is 0 Å². The summed E-state index contributed by atoms with van der Waals surface area (Å²) in [4.78, 5) is 2.51. The number of rotatable bonds is 2. The molecule has 2 unspecified atom stereocenters. The van der Waals surface area contributed by atoms with Gasteiger partial charge in [0.1, 0.15) is 12.2 Å². The molecule has 0 radical (unpaired) electrons. The fraction of sp³-hybridized carbons (Fsp3) is 1.00. The predicted octanol–water partition coefficient (Wildman–Crippen LogP) is -1.22. The summed E-state index contributed by atoms with van der Waals surface area (Å²) in [6.45, 7) is -0.366. The molecule has 13 heavy (non-hydrogen) atoms. The molecule has 1 aliphatic rings. The van der Waals surface area contributed by atoms with E-state index >= 15 is 0 Å². The Bertz CT molecular complexity index is 218. The number of hydrogen-bond donors (Lipinski definition) is 3. The lowest BCUT2D eigenvalue weighted by Gasteiger charge is -2.34. The minimum Gasteiger partial charge on any atom is -0.394 e. The number of aliphatic hydroxyl groups is 3. The smallest absolute Gasteiger partial charge is 0.109 e. The minimum absolute atomic E-state index is 0.00745. The molecule has 7 heteroatoms. The van der Waals surface area contributed by atoms with E-state index in [1.165, 1.54) is 0 Å². The second kappa shape index (κ2) is 4.40. The number of aliphatic hydroxyl groups excluding tert-OH is 3. The van der Waals surface area contributed by atoms with E-state index in [1.807, 2.05) is 0 Å². The third-order valence-corrected chi connectivity index (χ3v) is 1.99. The van der Waals surface area contributed by atoms with Crippen LogP contribution in [0, 0.1) is 0 Å². The van der Waals surface area contributed by atoms with Gasteiger partial charge in [0.05, 0.1) is 25.4 Å². The van der Waals surface area contributed by atoms with Crippen LogP contribution in [-0.2, 0) is 4.74 Å². The van der Waals surface area contributed by atoms with Gasteiger partial charge >= 0.3 is 0 Å². The van der Waals surface area contributed by atoms with E-state index in [-0.39, 0.29) is 13.2 Å². The average molecular weight is 189 g/mol. The van der Waals surface area contributed by atoms with Crippen LogP contribution >= 0.6 is 0 Å². The van der Waals surface area contributed by atoms with Gasteiger partial charge in [-0.25, -0.2) is 0 Å². The van der Waals surface area contributed by atoms with Crippen LogP contribution in [0.3, 0.4) is 0 Å². The molecule has 0 bridgehead atoms. The van der Waals surface area contributed by atoms with Crippen LogP contribution in [0.2, 0.25) is 0 Å². The van der Waals surface area contributed by atoms with Crippen LogP contribution in [0.1, 0.15) is 0 Å². The molecule has 1 aliphatic heterocycles. The summed E-state index contributed by atoms with van der Waals surface area (Å²) in [7, 11) is 0. The van der Waals surface area contributed by atoms with Gasteiger partial charge in [-0.2, -0.15) is 0 Å². The highest BCUT2D eigenvalue weighted by Gasteiger charge is 2.37. The highest BCUT2D eigenvalue weighted by atomic mass is 16.5. The van der Waals surface area contributed by atoms with Crippen molar-refractivity contribution < 1.29 is 20.1 Å². The first kappa shape index (κ1) is 10.2. The molecule has 74 valence electrons. The number of nitrogens with zero attached hydrogens (tertiary/aromatic N) is 3.